The Morgan fingerprint density at radius 3 is 2.90 bits per heavy atom. The minimum absolute atomic E-state index is 0.200. The first kappa shape index (κ1) is 14.2. The summed E-state index contributed by atoms with van der Waals surface area (Å²) in [5.74, 6) is -0.724. The number of nitrogens with one attached hydrogen (secondary N) is 1. The summed E-state index contributed by atoms with van der Waals surface area (Å²) >= 11 is 1.19. The molecule has 5 nitrogen and oxygen atoms in total. The van der Waals surface area contributed by atoms with Crippen LogP contribution in [0.5, 0.6) is 0 Å². The van der Waals surface area contributed by atoms with Crippen LogP contribution in [0, 0.1) is 6.92 Å². The second-order valence-electron chi connectivity index (χ2n) is 4.28. The van der Waals surface area contributed by atoms with Gasteiger partial charge in [-0.3, -0.25) is 4.79 Å². The maximum Gasteiger partial charge on any atom is 0.358 e. The number of aromatic nitrogens is 1. The molecule has 0 saturated heterocycles. The Morgan fingerprint density at radius 2 is 2.20 bits per heavy atom. The van der Waals surface area contributed by atoms with E-state index in [4.69, 9.17) is 4.74 Å². The van der Waals surface area contributed by atoms with Gasteiger partial charge in [0.05, 0.1) is 0 Å². The first-order valence-corrected chi connectivity index (χ1v) is 6.88. The third-order valence-corrected chi connectivity index (χ3v) is 3.21. The van der Waals surface area contributed by atoms with Crippen LogP contribution < -0.4 is 5.32 Å². The van der Waals surface area contributed by atoms with Crippen LogP contribution in [0.3, 0.4) is 0 Å². The van der Waals surface area contributed by atoms with Gasteiger partial charge in [-0.05, 0) is 12.5 Å². The van der Waals surface area contributed by atoms with Crippen LogP contribution in [-0.2, 0) is 16.1 Å². The number of aryl methyl sites for hydroxylation is 1. The quantitative estimate of drug-likeness (QED) is 0.879. The van der Waals surface area contributed by atoms with Crippen molar-refractivity contribution in [1.29, 1.82) is 0 Å². The topological polar surface area (TPSA) is 68.3 Å². The van der Waals surface area contributed by atoms with Crippen molar-refractivity contribution in [2.75, 3.05) is 5.32 Å². The van der Waals surface area contributed by atoms with Gasteiger partial charge in [0.1, 0.15) is 6.61 Å². The van der Waals surface area contributed by atoms with Crippen LogP contribution in [0.2, 0.25) is 0 Å². The maximum atomic E-state index is 11.8. The molecule has 2 aromatic rings. The molecular formula is C14H14N2O3S. The molecule has 1 aromatic carbocycles. The molecule has 2 rings (SSSR count). The fourth-order valence-corrected chi connectivity index (χ4v) is 2.33. The lowest BCUT2D eigenvalue weighted by Crippen LogP contribution is -2.08. The van der Waals surface area contributed by atoms with Gasteiger partial charge < -0.3 is 10.1 Å². The first-order valence-electron chi connectivity index (χ1n) is 6.00. The van der Waals surface area contributed by atoms with Crippen molar-refractivity contribution in [3.05, 3.63) is 46.5 Å². The Hall–Kier alpha value is -2.21. The number of thiazole rings is 1. The number of benzene rings is 1. The van der Waals surface area contributed by atoms with Gasteiger partial charge in [-0.25, -0.2) is 9.78 Å². The van der Waals surface area contributed by atoms with Crippen LogP contribution in [0.4, 0.5) is 5.13 Å². The van der Waals surface area contributed by atoms with E-state index < -0.39 is 5.97 Å². The van der Waals surface area contributed by atoms with E-state index >= 15 is 0 Å². The molecule has 1 aromatic heterocycles. The monoisotopic (exact) mass is 290 g/mol. The van der Waals surface area contributed by atoms with E-state index in [-0.39, 0.29) is 18.2 Å². The number of anilines is 1. The molecule has 0 spiro atoms. The molecule has 0 saturated carbocycles. The molecule has 0 fully saturated rings. The summed E-state index contributed by atoms with van der Waals surface area (Å²) in [5.41, 5.74) is 2.24. The highest BCUT2D eigenvalue weighted by molar-refractivity contribution is 7.14. The van der Waals surface area contributed by atoms with E-state index in [1.165, 1.54) is 18.3 Å². The number of nitrogens with zero attached hydrogens (tertiary/aromatic N) is 1. The van der Waals surface area contributed by atoms with Crippen molar-refractivity contribution in [3.63, 3.8) is 0 Å². The van der Waals surface area contributed by atoms with E-state index in [1.807, 2.05) is 31.2 Å². The smallest absolute Gasteiger partial charge is 0.358 e. The molecule has 20 heavy (non-hydrogen) atoms. The standard InChI is InChI=1S/C14H14N2O3S/c1-9-4-3-5-11(6-9)7-19-13(18)12-8-20-14(16-12)15-10(2)17/h3-6,8H,7H2,1-2H3,(H,15,16,17). The van der Waals surface area contributed by atoms with E-state index in [9.17, 15) is 9.59 Å². The average Bonchev–Trinajstić information content (AvgIpc) is 2.84. The molecule has 0 radical (unpaired) electrons. The number of amides is 1. The Kier molecular flexibility index (Phi) is 4.47. The van der Waals surface area contributed by atoms with Crippen molar-refractivity contribution in [1.82, 2.24) is 4.98 Å². The number of rotatable bonds is 4. The lowest BCUT2D eigenvalue weighted by Gasteiger charge is -2.03. The minimum Gasteiger partial charge on any atom is -0.456 e. The number of carbonyl (C=O) groups excluding carboxylic acids is 2. The van der Waals surface area contributed by atoms with Gasteiger partial charge in [-0.1, -0.05) is 29.8 Å². The fraction of sp³-hybridized carbons (Fsp3) is 0.214. The zero-order valence-corrected chi connectivity index (χ0v) is 12.0. The zero-order valence-electron chi connectivity index (χ0n) is 11.2. The lowest BCUT2D eigenvalue weighted by molar-refractivity contribution is -0.114. The van der Waals surface area contributed by atoms with Crippen LogP contribution in [0.15, 0.2) is 29.6 Å². The zero-order chi connectivity index (χ0) is 14.5. The first-order chi connectivity index (χ1) is 9.54. The molecule has 1 amide bonds. The molecule has 6 heteroatoms. The number of hydrogen-bond donors (Lipinski definition) is 1. The molecular weight excluding hydrogens is 276 g/mol. The molecule has 0 bridgehead atoms. The maximum absolute atomic E-state index is 11.8. The summed E-state index contributed by atoms with van der Waals surface area (Å²) in [4.78, 5) is 26.7. The molecule has 1 N–H and O–H groups in total. The van der Waals surface area contributed by atoms with Crippen molar-refractivity contribution in [2.24, 2.45) is 0 Å². The summed E-state index contributed by atoms with van der Waals surface area (Å²) in [5, 5.41) is 4.47. The predicted molar refractivity (Wildman–Crippen MR) is 76.7 cm³/mol. The van der Waals surface area contributed by atoms with Crippen molar-refractivity contribution >= 4 is 28.3 Å². The van der Waals surface area contributed by atoms with Gasteiger partial charge in [-0.2, -0.15) is 0 Å². The predicted octanol–water partition coefficient (Wildman–Crippen LogP) is 2.77. The van der Waals surface area contributed by atoms with Crippen LogP contribution in [0.1, 0.15) is 28.5 Å². The minimum atomic E-state index is -0.501. The molecule has 1 heterocycles. The summed E-state index contributed by atoms with van der Waals surface area (Å²) < 4.78 is 5.18. The normalized spacial score (nSPS) is 10.1. The second-order valence-corrected chi connectivity index (χ2v) is 5.14. The number of hydrogen-bond acceptors (Lipinski definition) is 5. The second kappa shape index (κ2) is 6.29. The van der Waals surface area contributed by atoms with E-state index in [0.717, 1.165) is 11.1 Å². The lowest BCUT2D eigenvalue weighted by atomic mass is 10.1. The third-order valence-electron chi connectivity index (χ3n) is 2.45. The van der Waals surface area contributed by atoms with Gasteiger partial charge in [0, 0.05) is 12.3 Å². The van der Waals surface area contributed by atoms with E-state index in [0.29, 0.717) is 5.13 Å². The van der Waals surface area contributed by atoms with Crippen molar-refractivity contribution < 1.29 is 14.3 Å². The van der Waals surface area contributed by atoms with Crippen molar-refractivity contribution in [2.45, 2.75) is 20.5 Å². The SMILES string of the molecule is CC(=O)Nc1nc(C(=O)OCc2cccc(C)c2)cs1. The average molecular weight is 290 g/mol. The van der Waals surface area contributed by atoms with Gasteiger partial charge >= 0.3 is 5.97 Å². The largest absolute Gasteiger partial charge is 0.456 e. The molecule has 0 aliphatic heterocycles. The number of carbonyl (C=O) groups is 2. The van der Waals surface area contributed by atoms with Gasteiger partial charge in [0.15, 0.2) is 10.8 Å². The molecule has 104 valence electrons. The van der Waals surface area contributed by atoms with Crippen LogP contribution in [0.25, 0.3) is 0 Å². The summed E-state index contributed by atoms with van der Waals surface area (Å²) in [6.45, 7) is 3.57. The number of esters is 1. The van der Waals surface area contributed by atoms with Crippen LogP contribution >= 0.6 is 11.3 Å². The summed E-state index contributed by atoms with van der Waals surface area (Å²) in [7, 11) is 0. The summed E-state index contributed by atoms with van der Waals surface area (Å²) in [6.07, 6.45) is 0. The molecule has 0 atom stereocenters. The van der Waals surface area contributed by atoms with E-state index in [2.05, 4.69) is 10.3 Å². The summed E-state index contributed by atoms with van der Waals surface area (Å²) in [6, 6.07) is 7.74. The molecule has 0 unspecified atom stereocenters. The Labute approximate surface area is 120 Å². The van der Waals surface area contributed by atoms with Gasteiger partial charge in [0.25, 0.3) is 0 Å². The van der Waals surface area contributed by atoms with Crippen molar-refractivity contribution in [3.8, 4) is 0 Å². The molecule has 0 aliphatic rings. The Bertz CT molecular complexity index is 637. The van der Waals surface area contributed by atoms with E-state index in [1.54, 1.807) is 5.38 Å². The Morgan fingerprint density at radius 1 is 1.40 bits per heavy atom. The molecule has 0 aliphatic carbocycles. The third kappa shape index (κ3) is 3.89. The van der Waals surface area contributed by atoms with Gasteiger partial charge in [-0.15, -0.1) is 11.3 Å². The highest BCUT2D eigenvalue weighted by Gasteiger charge is 2.13. The van der Waals surface area contributed by atoms with Gasteiger partial charge in [0.2, 0.25) is 5.91 Å². The highest BCUT2D eigenvalue weighted by Crippen LogP contribution is 2.16. The number of ether oxygens (including phenoxy) is 1. The van der Waals surface area contributed by atoms with Crippen LogP contribution in [-0.4, -0.2) is 16.9 Å². The Balaban J connectivity index is 1.95. The highest BCUT2D eigenvalue weighted by atomic mass is 32.1. The fourth-order valence-electron chi connectivity index (χ4n) is 1.60.